The molecule has 0 spiro atoms. The Kier molecular flexibility index (Phi) is 7.65. The van der Waals surface area contributed by atoms with Crippen LogP contribution in [0.3, 0.4) is 0 Å². The first-order valence-electron chi connectivity index (χ1n) is 11.6. The maximum atomic E-state index is 11.2. The Morgan fingerprint density at radius 2 is 2.00 bits per heavy atom. The highest BCUT2D eigenvalue weighted by Crippen LogP contribution is 2.44. The van der Waals surface area contributed by atoms with E-state index < -0.39 is 22.6 Å². The third kappa shape index (κ3) is 6.50. The molecular weight excluding hydrogens is 536 g/mol. The molecule has 1 aliphatic heterocycles. The van der Waals surface area contributed by atoms with E-state index in [1.807, 2.05) is 47.4 Å². The van der Waals surface area contributed by atoms with Gasteiger partial charge in [0.2, 0.25) is 11.8 Å². The summed E-state index contributed by atoms with van der Waals surface area (Å²) in [6, 6.07) is 7.57. The zero-order chi connectivity index (χ0) is 27.0. The van der Waals surface area contributed by atoms with Crippen molar-refractivity contribution in [1.82, 2.24) is 4.57 Å². The second-order valence-corrected chi connectivity index (χ2v) is 12.9. The number of hydrogen-bond acceptors (Lipinski definition) is 8. The number of unbranched alkanes of at least 4 members (excludes halogenated alkanes) is 1. The molecular formula is C25H28N2O7S3. The molecule has 0 atom stereocenters. The van der Waals surface area contributed by atoms with Gasteiger partial charge in [0.1, 0.15) is 6.54 Å². The molecule has 1 aromatic carbocycles. The third-order valence-electron chi connectivity index (χ3n) is 5.95. The second kappa shape index (κ2) is 10.4. The van der Waals surface area contributed by atoms with Gasteiger partial charge in [-0.25, -0.2) is 0 Å². The van der Waals surface area contributed by atoms with E-state index in [4.69, 9.17) is 26.6 Å². The van der Waals surface area contributed by atoms with E-state index in [1.165, 1.54) is 4.57 Å². The lowest BCUT2D eigenvalue weighted by atomic mass is 9.79. The Bertz CT molecular complexity index is 1480. The lowest BCUT2D eigenvalue weighted by Gasteiger charge is -2.27. The van der Waals surface area contributed by atoms with Crippen LogP contribution in [0.1, 0.15) is 38.0 Å². The number of aromatic hydroxyl groups is 1. The smallest absolute Gasteiger partial charge is 0.323 e. The van der Waals surface area contributed by atoms with Crippen LogP contribution in [-0.2, 0) is 21.5 Å². The largest absolute Gasteiger partial charge is 0.493 e. The number of aliphatic carboxylic acids is 1. The number of rotatable bonds is 9. The summed E-state index contributed by atoms with van der Waals surface area (Å²) in [5.74, 6) is -0.278. The monoisotopic (exact) mass is 564 g/mol. The van der Waals surface area contributed by atoms with Crippen molar-refractivity contribution in [3.63, 3.8) is 0 Å². The molecule has 12 heteroatoms. The fourth-order valence-electron chi connectivity index (χ4n) is 4.48. The molecule has 0 fully saturated rings. The summed E-state index contributed by atoms with van der Waals surface area (Å²) in [5.41, 5.74) is 2.29. The molecule has 1 aliphatic carbocycles. The van der Waals surface area contributed by atoms with E-state index >= 15 is 0 Å². The summed E-state index contributed by atoms with van der Waals surface area (Å²) < 4.78 is 38.9. The molecule has 0 bridgehead atoms. The fourth-order valence-corrected chi connectivity index (χ4v) is 6.32. The molecule has 2 aliphatic rings. The average Bonchev–Trinajstić information content (AvgIpc) is 3.26. The number of hydrogen-bond donors (Lipinski definition) is 3. The normalized spacial score (nSPS) is 17.8. The van der Waals surface area contributed by atoms with Gasteiger partial charge in [-0.05, 0) is 60.2 Å². The predicted octanol–water partition coefficient (Wildman–Crippen LogP) is 5.22. The van der Waals surface area contributed by atoms with Crippen molar-refractivity contribution < 1.29 is 32.7 Å². The van der Waals surface area contributed by atoms with Crippen molar-refractivity contribution >= 4 is 50.9 Å². The second-order valence-electron chi connectivity index (χ2n) is 9.68. The number of allylic oxidation sites excluding steroid dienone is 5. The molecule has 0 unspecified atom stereocenters. The van der Waals surface area contributed by atoms with Crippen LogP contribution >= 0.6 is 23.6 Å². The minimum Gasteiger partial charge on any atom is -0.493 e. The number of para-hydroxylation sites is 2. The molecule has 198 valence electrons. The summed E-state index contributed by atoms with van der Waals surface area (Å²) in [7, 11) is -4.01. The number of aromatic nitrogens is 1. The van der Waals surface area contributed by atoms with Gasteiger partial charge in [-0.1, -0.05) is 38.1 Å². The van der Waals surface area contributed by atoms with Crippen LogP contribution in [0.5, 0.6) is 11.6 Å². The Labute approximate surface area is 224 Å². The summed E-state index contributed by atoms with van der Waals surface area (Å²) in [4.78, 5) is 13.7. The van der Waals surface area contributed by atoms with Gasteiger partial charge < -0.3 is 19.8 Å². The van der Waals surface area contributed by atoms with Crippen molar-refractivity contribution in [1.29, 1.82) is 0 Å². The molecule has 0 saturated carbocycles. The number of nitrogens with zero attached hydrogens (tertiary/aromatic N) is 2. The Balaban J connectivity index is 1.66. The van der Waals surface area contributed by atoms with Gasteiger partial charge in [-0.15, -0.1) is 11.3 Å². The van der Waals surface area contributed by atoms with Crippen molar-refractivity contribution in [2.75, 3.05) is 17.2 Å². The van der Waals surface area contributed by atoms with Gasteiger partial charge in [0.25, 0.3) is 10.1 Å². The van der Waals surface area contributed by atoms with Gasteiger partial charge in [0.05, 0.1) is 16.3 Å². The first-order chi connectivity index (χ1) is 17.3. The van der Waals surface area contributed by atoms with Gasteiger partial charge in [-0.3, -0.25) is 13.9 Å². The Morgan fingerprint density at radius 1 is 1.27 bits per heavy atom. The van der Waals surface area contributed by atoms with Crippen LogP contribution < -0.4 is 9.64 Å². The van der Waals surface area contributed by atoms with E-state index in [2.05, 4.69) is 13.8 Å². The number of ether oxygens (including phenoxy) is 1. The standard InChI is InChI=1S/C25H28N2O7S3/c1-25(2)13-16(11-17(14-25)22-23(30)27(15-21(28)29)24(35)36-22)12-20-26(9-5-6-10-37(31,32)33)18-7-3-4-8-19(18)34-20/h3-4,7-8,11-12,14,30H,5-6,9-10,13,15H2,1-2H3,(H,28,29)(H,31,32,33). The number of benzene rings is 1. The number of carbonyl (C=O) groups is 1. The first kappa shape index (κ1) is 27.1. The van der Waals surface area contributed by atoms with Crippen LogP contribution in [0.15, 0.2) is 53.9 Å². The minimum absolute atomic E-state index is 0.172. The molecule has 0 radical (unpaired) electrons. The Morgan fingerprint density at radius 3 is 2.70 bits per heavy atom. The van der Waals surface area contributed by atoms with Gasteiger partial charge in [-0.2, -0.15) is 8.42 Å². The van der Waals surface area contributed by atoms with Crippen LogP contribution in [0.4, 0.5) is 5.69 Å². The van der Waals surface area contributed by atoms with E-state index in [0.717, 1.165) is 28.2 Å². The fraction of sp³-hybridized carbons (Fsp3) is 0.360. The quantitative estimate of drug-likeness (QED) is 0.213. The lowest BCUT2D eigenvalue weighted by Crippen LogP contribution is -2.23. The number of anilines is 1. The van der Waals surface area contributed by atoms with E-state index in [1.54, 1.807) is 0 Å². The average molecular weight is 565 g/mol. The topological polar surface area (TPSA) is 129 Å². The summed E-state index contributed by atoms with van der Waals surface area (Å²) in [6.45, 7) is 4.22. The number of fused-ring (bicyclic) bond motifs is 1. The Hall–Kier alpha value is -2.93. The molecule has 3 N–H and O–H groups in total. The molecule has 9 nitrogen and oxygen atoms in total. The van der Waals surface area contributed by atoms with Gasteiger partial charge in [0.15, 0.2) is 9.70 Å². The van der Waals surface area contributed by atoms with Gasteiger partial charge >= 0.3 is 5.97 Å². The predicted molar refractivity (Wildman–Crippen MR) is 145 cm³/mol. The molecule has 37 heavy (non-hydrogen) atoms. The highest BCUT2D eigenvalue weighted by molar-refractivity contribution is 7.85. The maximum Gasteiger partial charge on any atom is 0.323 e. The van der Waals surface area contributed by atoms with E-state index in [0.29, 0.717) is 42.3 Å². The lowest BCUT2D eigenvalue weighted by molar-refractivity contribution is -0.137. The number of carboxylic acids is 1. The molecule has 0 saturated heterocycles. The molecule has 1 aromatic heterocycles. The van der Waals surface area contributed by atoms with E-state index in [9.17, 15) is 18.3 Å². The maximum absolute atomic E-state index is 11.2. The minimum atomic E-state index is -4.01. The summed E-state index contributed by atoms with van der Waals surface area (Å²) >= 11 is 6.46. The van der Waals surface area contributed by atoms with Crippen LogP contribution in [-0.4, -0.2) is 46.0 Å². The van der Waals surface area contributed by atoms with E-state index in [-0.39, 0.29) is 21.0 Å². The molecule has 2 aromatic rings. The molecule has 2 heterocycles. The number of thiazole rings is 1. The van der Waals surface area contributed by atoms with Crippen LogP contribution in [0.25, 0.3) is 5.57 Å². The molecule has 0 amide bonds. The highest BCUT2D eigenvalue weighted by atomic mass is 32.2. The van der Waals surface area contributed by atoms with Crippen LogP contribution in [0, 0.1) is 9.37 Å². The zero-order valence-electron chi connectivity index (χ0n) is 20.4. The SMILES string of the molecule is CC1(C)C=C(c2sc(=S)n(CC(=O)O)c2O)C=C(C=C2Oc3ccccc3N2CCCCS(=O)(=O)O)C1. The van der Waals surface area contributed by atoms with Crippen molar-refractivity contribution in [2.24, 2.45) is 5.41 Å². The zero-order valence-corrected chi connectivity index (χ0v) is 22.8. The van der Waals surface area contributed by atoms with Crippen molar-refractivity contribution in [2.45, 2.75) is 39.7 Å². The highest BCUT2D eigenvalue weighted by Gasteiger charge is 2.29. The first-order valence-corrected chi connectivity index (χ1v) is 14.5. The summed E-state index contributed by atoms with van der Waals surface area (Å²) in [6.07, 6.45) is 7.44. The van der Waals surface area contributed by atoms with Gasteiger partial charge in [0, 0.05) is 12.6 Å². The third-order valence-corrected chi connectivity index (χ3v) is 8.24. The van der Waals surface area contributed by atoms with Crippen molar-refractivity contribution in [3.05, 3.63) is 62.8 Å². The number of carboxylic acid groups (broad SMARTS) is 1. The van der Waals surface area contributed by atoms with Crippen molar-refractivity contribution in [3.8, 4) is 11.6 Å². The van der Waals surface area contributed by atoms with Crippen LogP contribution in [0.2, 0.25) is 0 Å². The molecule has 4 rings (SSSR count). The summed E-state index contributed by atoms with van der Waals surface area (Å²) in [5, 5.41) is 19.9.